The number of amides is 1. The highest BCUT2D eigenvalue weighted by Crippen LogP contribution is 2.17. The van der Waals surface area contributed by atoms with Crippen LogP contribution in [0.15, 0.2) is 84.6 Å². The summed E-state index contributed by atoms with van der Waals surface area (Å²) in [5.74, 6) is -1.64. The van der Waals surface area contributed by atoms with E-state index in [2.05, 4.69) is 5.32 Å². The highest BCUT2D eigenvalue weighted by atomic mass is 19.1. The lowest BCUT2D eigenvalue weighted by atomic mass is 10.1. The van der Waals surface area contributed by atoms with E-state index in [1.807, 2.05) is 0 Å². The van der Waals surface area contributed by atoms with E-state index in [4.69, 9.17) is 4.74 Å². The van der Waals surface area contributed by atoms with Gasteiger partial charge in [0.1, 0.15) is 23.9 Å². The number of hydrogen-bond acceptors (Lipinski definition) is 3. The highest BCUT2D eigenvalue weighted by Gasteiger charge is 2.13. The van der Waals surface area contributed by atoms with E-state index < -0.39 is 11.9 Å². The molecule has 3 aromatic carbocycles. The minimum absolute atomic E-state index is 0.168. The normalized spacial score (nSPS) is 11.0. The molecule has 0 radical (unpaired) electrons. The molecule has 0 aliphatic rings. The maximum Gasteiger partial charge on any atom is 0.352 e. The van der Waals surface area contributed by atoms with Gasteiger partial charge in [0.05, 0.1) is 0 Å². The summed E-state index contributed by atoms with van der Waals surface area (Å²) in [5.41, 5.74) is 1.30. The van der Waals surface area contributed by atoms with Gasteiger partial charge in [-0.25, -0.2) is 9.18 Å². The molecule has 6 heteroatoms. The summed E-state index contributed by atoms with van der Waals surface area (Å²) >= 11 is 0. The van der Waals surface area contributed by atoms with Crippen LogP contribution in [0.2, 0.25) is 0 Å². The Morgan fingerprint density at radius 3 is 2.45 bits per heavy atom. The van der Waals surface area contributed by atoms with Crippen molar-refractivity contribution in [3.63, 3.8) is 0 Å². The van der Waals surface area contributed by atoms with Crippen LogP contribution in [0.1, 0.15) is 21.5 Å². The molecule has 0 aliphatic carbocycles. The van der Waals surface area contributed by atoms with E-state index in [-0.39, 0.29) is 18.1 Å². The Labute approximate surface area is 167 Å². The van der Waals surface area contributed by atoms with Crippen molar-refractivity contribution in [1.82, 2.24) is 5.32 Å². The lowest BCUT2D eigenvalue weighted by Crippen LogP contribution is -2.27. The molecule has 0 fully saturated rings. The second-order valence-electron chi connectivity index (χ2n) is 6.17. The fourth-order valence-electron chi connectivity index (χ4n) is 2.59. The second-order valence-corrected chi connectivity index (χ2v) is 6.17. The Morgan fingerprint density at radius 1 is 0.966 bits per heavy atom. The smallest absolute Gasteiger partial charge is 0.352 e. The summed E-state index contributed by atoms with van der Waals surface area (Å²) in [7, 11) is 0. The largest absolute Gasteiger partial charge is 0.489 e. The number of ether oxygens (including phenoxy) is 1. The number of hydrogen-bond donors (Lipinski definition) is 2. The number of nitrogens with one attached hydrogen (secondary N) is 1. The van der Waals surface area contributed by atoms with Crippen molar-refractivity contribution < 1.29 is 23.8 Å². The maximum atomic E-state index is 13.2. The average molecular weight is 391 g/mol. The standard InChI is InChI=1S/C23H18FNO4/c24-19-10-4-7-17(12-19)15-29-20-11-5-6-16(13-20)14-21(23(27)28)25-22(26)18-8-2-1-3-9-18/h1-14H,15H2,(H,25,26)(H,27,28). The summed E-state index contributed by atoms with van der Waals surface area (Å²) in [5, 5.41) is 11.8. The zero-order chi connectivity index (χ0) is 20.6. The quantitative estimate of drug-likeness (QED) is 0.590. The molecule has 0 saturated carbocycles. The number of carbonyl (C=O) groups is 2. The van der Waals surface area contributed by atoms with Gasteiger partial charge in [-0.15, -0.1) is 0 Å². The molecular weight excluding hydrogens is 373 g/mol. The number of benzene rings is 3. The molecule has 146 valence electrons. The molecule has 3 aromatic rings. The van der Waals surface area contributed by atoms with Crippen molar-refractivity contribution in [1.29, 1.82) is 0 Å². The molecule has 0 atom stereocenters. The number of halogens is 1. The average Bonchev–Trinajstić information content (AvgIpc) is 2.72. The van der Waals surface area contributed by atoms with Gasteiger partial charge in [0.15, 0.2) is 0 Å². The number of aliphatic carboxylic acids is 1. The van der Waals surface area contributed by atoms with E-state index in [9.17, 15) is 19.1 Å². The van der Waals surface area contributed by atoms with Crippen LogP contribution in [0.3, 0.4) is 0 Å². The minimum atomic E-state index is -1.26. The Hall–Kier alpha value is -3.93. The zero-order valence-corrected chi connectivity index (χ0v) is 15.3. The predicted molar refractivity (Wildman–Crippen MR) is 107 cm³/mol. The van der Waals surface area contributed by atoms with Crippen molar-refractivity contribution in [2.45, 2.75) is 6.61 Å². The van der Waals surface area contributed by atoms with Gasteiger partial charge in [-0.05, 0) is 53.6 Å². The first-order chi connectivity index (χ1) is 14.0. The van der Waals surface area contributed by atoms with Gasteiger partial charge in [-0.1, -0.05) is 42.5 Å². The summed E-state index contributed by atoms with van der Waals surface area (Å²) in [6.45, 7) is 0.168. The molecule has 1 amide bonds. The van der Waals surface area contributed by atoms with Crippen LogP contribution >= 0.6 is 0 Å². The first kappa shape index (κ1) is 19.8. The van der Waals surface area contributed by atoms with Crippen molar-refractivity contribution >= 4 is 18.0 Å². The Bertz CT molecular complexity index is 1050. The van der Waals surface area contributed by atoms with Crippen LogP contribution in [0.5, 0.6) is 5.75 Å². The molecule has 2 N–H and O–H groups in total. The van der Waals surface area contributed by atoms with Gasteiger partial charge >= 0.3 is 5.97 Å². The molecular formula is C23H18FNO4. The van der Waals surface area contributed by atoms with Crippen LogP contribution in [0, 0.1) is 5.82 Å². The SMILES string of the molecule is O=C(O)C(=Cc1cccc(OCc2cccc(F)c2)c1)NC(=O)c1ccccc1. The van der Waals surface area contributed by atoms with Crippen molar-refractivity contribution in [3.8, 4) is 5.75 Å². The van der Waals surface area contributed by atoms with E-state index in [1.54, 1.807) is 66.7 Å². The number of carboxylic acids is 1. The third-order valence-electron chi connectivity index (χ3n) is 3.98. The summed E-state index contributed by atoms with van der Waals surface area (Å²) < 4.78 is 18.9. The van der Waals surface area contributed by atoms with Gasteiger partial charge in [0.25, 0.3) is 5.91 Å². The molecule has 0 unspecified atom stereocenters. The van der Waals surface area contributed by atoms with E-state index in [1.165, 1.54) is 18.2 Å². The van der Waals surface area contributed by atoms with Gasteiger partial charge in [-0.3, -0.25) is 4.79 Å². The van der Waals surface area contributed by atoms with Gasteiger partial charge in [0, 0.05) is 5.56 Å². The van der Waals surface area contributed by atoms with E-state index >= 15 is 0 Å². The van der Waals surface area contributed by atoms with E-state index in [0.717, 1.165) is 0 Å². The Balaban J connectivity index is 1.73. The van der Waals surface area contributed by atoms with Gasteiger partial charge in [-0.2, -0.15) is 0 Å². The molecule has 29 heavy (non-hydrogen) atoms. The minimum Gasteiger partial charge on any atom is -0.489 e. The molecule has 5 nitrogen and oxygen atoms in total. The molecule has 0 spiro atoms. The number of carboxylic acid groups (broad SMARTS) is 1. The molecule has 0 bridgehead atoms. The zero-order valence-electron chi connectivity index (χ0n) is 15.3. The number of carbonyl (C=O) groups excluding carboxylic acids is 1. The lowest BCUT2D eigenvalue weighted by Gasteiger charge is -2.09. The van der Waals surface area contributed by atoms with Crippen LogP contribution in [-0.2, 0) is 11.4 Å². The molecule has 0 aromatic heterocycles. The van der Waals surface area contributed by atoms with Gasteiger partial charge in [0.2, 0.25) is 0 Å². The first-order valence-corrected chi connectivity index (χ1v) is 8.80. The molecule has 0 saturated heterocycles. The lowest BCUT2D eigenvalue weighted by molar-refractivity contribution is -0.132. The van der Waals surface area contributed by atoms with Crippen LogP contribution < -0.4 is 10.1 Å². The summed E-state index contributed by atoms with van der Waals surface area (Å²) in [6, 6.07) is 21.1. The third-order valence-corrected chi connectivity index (χ3v) is 3.98. The van der Waals surface area contributed by atoms with Crippen molar-refractivity contribution in [2.75, 3.05) is 0 Å². The second kappa shape index (κ2) is 9.32. The number of rotatable bonds is 7. The summed E-state index contributed by atoms with van der Waals surface area (Å²) in [4.78, 5) is 23.8. The summed E-state index contributed by atoms with van der Waals surface area (Å²) in [6.07, 6.45) is 1.35. The highest BCUT2D eigenvalue weighted by molar-refractivity contribution is 6.02. The van der Waals surface area contributed by atoms with Gasteiger partial charge < -0.3 is 15.2 Å². The predicted octanol–water partition coefficient (Wildman–Crippen LogP) is 4.26. The topological polar surface area (TPSA) is 75.6 Å². The van der Waals surface area contributed by atoms with Crippen LogP contribution in [0.4, 0.5) is 4.39 Å². The van der Waals surface area contributed by atoms with Crippen molar-refractivity contribution in [2.24, 2.45) is 0 Å². The van der Waals surface area contributed by atoms with E-state index in [0.29, 0.717) is 22.4 Å². The fourth-order valence-corrected chi connectivity index (χ4v) is 2.59. The first-order valence-electron chi connectivity index (χ1n) is 8.80. The molecule has 3 rings (SSSR count). The molecule has 0 heterocycles. The van der Waals surface area contributed by atoms with Crippen LogP contribution in [0.25, 0.3) is 6.08 Å². The Kier molecular flexibility index (Phi) is 6.37. The maximum absolute atomic E-state index is 13.2. The Morgan fingerprint density at radius 2 is 1.72 bits per heavy atom. The van der Waals surface area contributed by atoms with Crippen LogP contribution in [-0.4, -0.2) is 17.0 Å². The molecule has 0 aliphatic heterocycles. The van der Waals surface area contributed by atoms with Crippen molar-refractivity contribution in [3.05, 3.63) is 107 Å². The monoisotopic (exact) mass is 391 g/mol. The fraction of sp³-hybridized carbons (Fsp3) is 0.0435. The third kappa shape index (κ3) is 5.77.